The summed E-state index contributed by atoms with van der Waals surface area (Å²) in [5, 5.41) is 9.32. The number of hydrogen-bond acceptors (Lipinski definition) is 7. The van der Waals surface area contributed by atoms with Gasteiger partial charge in [0.2, 0.25) is 15.2 Å². The van der Waals surface area contributed by atoms with Gasteiger partial charge < -0.3 is 5.32 Å². The molecule has 110 valence electrons. The normalized spacial score (nSPS) is 12.9. The molecule has 0 amide bonds. The van der Waals surface area contributed by atoms with Crippen molar-refractivity contribution in [1.29, 1.82) is 0 Å². The van der Waals surface area contributed by atoms with E-state index < -0.39 is 22.7 Å². The lowest BCUT2D eigenvalue weighted by Crippen LogP contribution is -2.24. The van der Waals surface area contributed by atoms with Crippen molar-refractivity contribution in [2.24, 2.45) is 0 Å². The van der Waals surface area contributed by atoms with Crippen molar-refractivity contribution in [3.8, 4) is 0 Å². The Bertz CT molecular complexity index is 516. The van der Waals surface area contributed by atoms with Crippen molar-refractivity contribution >= 4 is 38.3 Å². The van der Waals surface area contributed by atoms with Gasteiger partial charge in [0.05, 0.1) is 12.1 Å². The van der Waals surface area contributed by atoms with E-state index in [-0.39, 0.29) is 11.0 Å². The van der Waals surface area contributed by atoms with Crippen LogP contribution in [0.4, 0.5) is 18.3 Å². The maximum atomic E-state index is 11.9. The van der Waals surface area contributed by atoms with Crippen LogP contribution in [0.1, 0.15) is 0 Å². The maximum absolute atomic E-state index is 11.9. The zero-order chi connectivity index (χ0) is 14.7. The van der Waals surface area contributed by atoms with Gasteiger partial charge in [-0.2, -0.15) is 17.5 Å². The molecule has 0 radical (unpaired) electrons. The molecule has 0 aliphatic rings. The first-order valence-electron chi connectivity index (χ1n) is 4.76. The number of nitrogens with one attached hydrogen (secondary N) is 1. The summed E-state index contributed by atoms with van der Waals surface area (Å²) in [6.45, 7) is -1.18. The number of alkyl halides is 3. The summed E-state index contributed by atoms with van der Waals surface area (Å²) in [5.74, 6) is 0.118. The first-order chi connectivity index (χ1) is 8.58. The number of anilines is 1. The summed E-state index contributed by atoms with van der Waals surface area (Å²) < 4.78 is 59.6. The fourth-order valence-electron chi connectivity index (χ4n) is 0.757. The average Bonchev–Trinajstić information content (AvgIpc) is 2.68. The summed E-state index contributed by atoms with van der Waals surface area (Å²) in [4.78, 5) is 0. The van der Waals surface area contributed by atoms with E-state index in [1.807, 2.05) is 0 Å². The minimum Gasteiger partial charge on any atom is -0.351 e. The molecule has 1 aromatic heterocycles. The highest BCUT2D eigenvalue weighted by Gasteiger charge is 2.27. The number of sulfonamides is 1. The molecule has 0 bridgehead atoms. The van der Waals surface area contributed by atoms with Gasteiger partial charge in [-0.1, -0.05) is 23.1 Å². The van der Waals surface area contributed by atoms with Crippen LogP contribution in [0.2, 0.25) is 0 Å². The van der Waals surface area contributed by atoms with Crippen LogP contribution in [-0.4, -0.2) is 54.8 Å². The molecule has 1 N–H and O–H groups in total. The number of aromatic nitrogens is 2. The molecule has 0 atom stereocenters. The molecule has 0 fully saturated rings. The molecule has 1 aromatic rings. The van der Waals surface area contributed by atoms with E-state index in [1.165, 1.54) is 7.05 Å². The van der Waals surface area contributed by atoms with Crippen LogP contribution in [0.25, 0.3) is 0 Å². The van der Waals surface area contributed by atoms with E-state index in [1.54, 1.807) is 0 Å². The fourth-order valence-corrected chi connectivity index (χ4v) is 3.18. The number of halogens is 3. The van der Waals surface area contributed by atoms with E-state index in [0.29, 0.717) is 4.34 Å². The Kier molecular flexibility index (Phi) is 5.41. The van der Waals surface area contributed by atoms with E-state index in [2.05, 4.69) is 15.5 Å². The van der Waals surface area contributed by atoms with Gasteiger partial charge in [-0.25, -0.2) is 8.42 Å². The number of hydrogen-bond donors (Lipinski definition) is 1. The molecule has 0 spiro atoms. The molecule has 12 heteroatoms. The Morgan fingerprint density at radius 1 is 1.42 bits per heavy atom. The first-order valence-corrected chi connectivity index (χ1v) is 8.41. The summed E-state index contributed by atoms with van der Waals surface area (Å²) >= 11 is 2.01. The summed E-state index contributed by atoms with van der Waals surface area (Å²) in [7, 11) is -1.90. The average molecular weight is 336 g/mol. The number of nitrogens with zero attached hydrogens (tertiary/aromatic N) is 3. The maximum Gasteiger partial charge on any atom is 0.405 e. The Hall–Kier alpha value is -0.590. The van der Waals surface area contributed by atoms with E-state index in [9.17, 15) is 21.6 Å². The third-order valence-corrected chi connectivity index (χ3v) is 5.33. The Labute approximate surface area is 116 Å². The lowest BCUT2D eigenvalue weighted by atomic mass is 10.6. The van der Waals surface area contributed by atoms with Gasteiger partial charge in [0, 0.05) is 7.05 Å². The van der Waals surface area contributed by atoms with E-state index in [0.717, 1.165) is 33.7 Å². The molecule has 1 rings (SSSR count). The van der Waals surface area contributed by atoms with Gasteiger partial charge in [-0.15, -0.1) is 10.2 Å². The molecule has 0 saturated carbocycles. The van der Waals surface area contributed by atoms with Crippen molar-refractivity contribution in [3.63, 3.8) is 0 Å². The van der Waals surface area contributed by atoms with Crippen molar-refractivity contribution in [3.05, 3.63) is 0 Å². The second-order valence-electron chi connectivity index (χ2n) is 3.48. The van der Waals surface area contributed by atoms with Gasteiger partial charge in [-0.3, -0.25) is 0 Å². The second kappa shape index (κ2) is 6.24. The molecule has 0 unspecified atom stereocenters. The lowest BCUT2D eigenvalue weighted by Gasteiger charge is -2.11. The minimum absolute atomic E-state index is 0.0434. The highest BCUT2D eigenvalue weighted by atomic mass is 32.2. The van der Waals surface area contributed by atoms with Gasteiger partial charge in [0.15, 0.2) is 4.34 Å². The van der Waals surface area contributed by atoms with Gasteiger partial charge in [0.25, 0.3) is 0 Å². The standard InChI is InChI=1S/C7H11F3N4O2S3/c1-14(19(2,15)16)4-17-6-13-12-5(18-6)11-3-7(8,9)10/h3-4H2,1-2H3,(H,11,12). The number of thioether (sulfide) groups is 1. The Morgan fingerprint density at radius 3 is 2.58 bits per heavy atom. The lowest BCUT2D eigenvalue weighted by molar-refractivity contribution is -0.115. The molecule has 6 nitrogen and oxygen atoms in total. The molecular weight excluding hydrogens is 325 g/mol. The summed E-state index contributed by atoms with van der Waals surface area (Å²) in [6.07, 6.45) is -3.26. The quantitative estimate of drug-likeness (QED) is 0.626. The molecule has 0 aliphatic heterocycles. The van der Waals surface area contributed by atoms with Crippen molar-refractivity contribution < 1.29 is 21.6 Å². The SMILES string of the molecule is CN(CSc1nnc(NCC(F)(F)F)s1)S(C)(=O)=O. The predicted molar refractivity (Wildman–Crippen MR) is 67.8 cm³/mol. The van der Waals surface area contributed by atoms with Crippen molar-refractivity contribution in [2.45, 2.75) is 10.5 Å². The van der Waals surface area contributed by atoms with E-state index >= 15 is 0 Å². The first kappa shape index (κ1) is 16.5. The van der Waals surface area contributed by atoms with Crippen LogP contribution in [0.5, 0.6) is 0 Å². The third kappa shape index (κ3) is 6.40. The van der Waals surface area contributed by atoms with Crippen molar-refractivity contribution in [2.75, 3.05) is 31.0 Å². The Balaban J connectivity index is 2.47. The molecule has 0 aromatic carbocycles. The molecule has 1 heterocycles. The smallest absolute Gasteiger partial charge is 0.351 e. The Morgan fingerprint density at radius 2 is 2.05 bits per heavy atom. The zero-order valence-electron chi connectivity index (χ0n) is 9.93. The fraction of sp³-hybridized carbons (Fsp3) is 0.714. The monoisotopic (exact) mass is 336 g/mol. The van der Waals surface area contributed by atoms with Crippen LogP contribution in [0, 0.1) is 0 Å². The van der Waals surface area contributed by atoms with Gasteiger partial charge >= 0.3 is 6.18 Å². The van der Waals surface area contributed by atoms with Crippen molar-refractivity contribution in [1.82, 2.24) is 14.5 Å². The van der Waals surface area contributed by atoms with Crippen LogP contribution in [0.15, 0.2) is 4.34 Å². The molecular formula is C7H11F3N4O2S3. The zero-order valence-corrected chi connectivity index (χ0v) is 12.4. The van der Waals surface area contributed by atoms with E-state index in [4.69, 9.17) is 0 Å². The summed E-state index contributed by atoms with van der Waals surface area (Å²) in [5.41, 5.74) is 0. The van der Waals surface area contributed by atoms with Crippen LogP contribution in [0.3, 0.4) is 0 Å². The number of rotatable bonds is 6. The summed E-state index contributed by atoms with van der Waals surface area (Å²) in [6, 6.07) is 0. The molecule has 0 aliphatic carbocycles. The largest absolute Gasteiger partial charge is 0.405 e. The second-order valence-corrected chi connectivity index (χ2v) is 7.74. The third-order valence-electron chi connectivity index (χ3n) is 1.78. The minimum atomic E-state index is -4.32. The van der Waals surface area contributed by atoms with Crippen LogP contribution >= 0.6 is 23.1 Å². The van der Waals surface area contributed by atoms with Crippen LogP contribution < -0.4 is 5.32 Å². The topological polar surface area (TPSA) is 75.2 Å². The predicted octanol–water partition coefficient (Wildman–Crippen LogP) is 1.45. The van der Waals surface area contributed by atoms with Gasteiger partial charge in [0.1, 0.15) is 6.54 Å². The molecule has 19 heavy (non-hydrogen) atoms. The van der Waals surface area contributed by atoms with Crippen LogP contribution in [-0.2, 0) is 10.0 Å². The molecule has 0 saturated heterocycles. The van der Waals surface area contributed by atoms with Gasteiger partial charge in [-0.05, 0) is 0 Å². The highest BCUT2D eigenvalue weighted by molar-refractivity contribution is 8.01. The highest BCUT2D eigenvalue weighted by Crippen LogP contribution is 2.27.